The second-order valence-corrected chi connectivity index (χ2v) is 13.7. The minimum Gasteiger partial charge on any atom is -0.744 e. The smallest absolute Gasteiger partial charge is 0.339 e. The second kappa shape index (κ2) is 10.2. The first-order chi connectivity index (χ1) is 18.1. The molecule has 2 bridgehead atoms. The van der Waals surface area contributed by atoms with Crippen molar-refractivity contribution in [3.8, 4) is 5.75 Å². The number of carbonyl (C=O) groups excluding carboxylic acids is 3. The summed E-state index contributed by atoms with van der Waals surface area (Å²) < 4.78 is 108. The Bertz CT molecular complexity index is 1560. The number of benzene rings is 2. The van der Waals surface area contributed by atoms with Gasteiger partial charge >= 0.3 is 17.9 Å². The maximum Gasteiger partial charge on any atom is 0.339 e. The van der Waals surface area contributed by atoms with Crippen LogP contribution in [0.25, 0.3) is 0 Å². The van der Waals surface area contributed by atoms with Gasteiger partial charge in [-0.2, -0.15) is 8.78 Å². The molecule has 5 rings (SSSR count). The molecule has 0 spiro atoms. The van der Waals surface area contributed by atoms with E-state index in [1.54, 1.807) is 6.07 Å². The lowest BCUT2D eigenvalue weighted by molar-refractivity contribution is -0.150. The largest absolute Gasteiger partial charge is 0.744 e. The molecule has 2 saturated carbocycles. The van der Waals surface area contributed by atoms with Crippen LogP contribution in [-0.4, -0.2) is 43.1 Å². The summed E-state index contributed by atoms with van der Waals surface area (Å²) in [6.45, 7) is 0. The Hall–Kier alpha value is -1.33. The van der Waals surface area contributed by atoms with Crippen molar-refractivity contribution in [3.05, 3.63) is 51.7 Å². The maximum atomic E-state index is 14.4. The molecule has 17 heteroatoms. The van der Waals surface area contributed by atoms with Gasteiger partial charge in [0.25, 0.3) is 0 Å². The standard InChI is InChI=1S/C22H11F4I3O9S/c23-11-13(25)19(39(33,34)35)14(26)12(24)18(11)38-22(32)10-5-3-6-9(21(31)37-17(6)10)16(5)36-20(30)7-1-4(27)2-8(28)15(7)29/h1-2,5-6,9-10,16-17H,3H2,(H,33,34,35)/p-1. The van der Waals surface area contributed by atoms with Crippen molar-refractivity contribution in [1.82, 2.24) is 0 Å². The lowest BCUT2D eigenvalue weighted by Gasteiger charge is -2.30. The van der Waals surface area contributed by atoms with Crippen LogP contribution in [0.15, 0.2) is 17.0 Å². The number of hydrogen-bond acceptors (Lipinski definition) is 9. The highest BCUT2D eigenvalue weighted by molar-refractivity contribution is 14.1. The van der Waals surface area contributed by atoms with Crippen LogP contribution >= 0.6 is 67.8 Å². The molecule has 2 aromatic rings. The normalized spacial score (nSPS) is 27.0. The number of carbonyl (C=O) groups is 3. The van der Waals surface area contributed by atoms with Gasteiger partial charge in [0.15, 0.2) is 11.6 Å². The van der Waals surface area contributed by atoms with Gasteiger partial charge < -0.3 is 18.8 Å². The van der Waals surface area contributed by atoms with Crippen molar-refractivity contribution in [1.29, 1.82) is 0 Å². The van der Waals surface area contributed by atoms with Crippen LogP contribution in [0.4, 0.5) is 17.6 Å². The zero-order valence-electron chi connectivity index (χ0n) is 18.6. The van der Waals surface area contributed by atoms with Crippen LogP contribution in [0.1, 0.15) is 16.8 Å². The third-order valence-electron chi connectivity index (χ3n) is 6.91. The number of ether oxygens (including phenoxy) is 3. The van der Waals surface area contributed by atoms with E-state index in [0.29, 0.717) is 3.57 Å². The molecular weight excluding hydrogens is 897 g/mol. The van der Waals surface area contributed by atoms with Gasteiger partial charge in [0.05, 0.1) is 5.56 Å². The number of esters is 3. The Morgan fingerprint density at radius 2 is 1.62 bits per heavy atom. The van der Waals surface area contributed by atoms with E-state index >= 15 is 0 Å². The fourth-order valence-corrected chi connectivity index (χ4v) is 8.41. The fourth-order valence-electron chi connectivity index (χ4n) is 5.42. The van der Waals surface area contributed by atoms with Crippen molar-refractivity contribution in [3.63, 3.8) is 0 Å². The van der Waals surface area contributed by atoms with E-state index in [1.165, 1.54) is 0 Å². The van der Waals surface area contributed by atoms with E-state index in [-0.39, 0.29) is 12.0 Å². The molecule has 1 aliphatic heterocycles. The summed E-state index contributed by atoms with van der Waals surface area (Å²) in [4.78, 5) is 36.3. The summed E-state index contributed by atoms with van der Waals surface area (Å²) in [5, 5.41) is 0. The topological polar surface area (TPSA) is 136 Å². The highest BCUT2D eigenvalue weighted by atomic mass is 127. The highest BCUT2D eigenvalue weighted by Crippen LogP contribution is 2.59. The zero-order valence-corrected chi connectivity index (χ0v) is 25.8. The summed E-state index contributed by atoms with van der Waals surface area (Å²) in [6.07, 6.45) is -2.15. The van der Waals surface area contributed by atoms with Gasteiger partial charge in [-0.3, -0.25) is 9.59 Å². The minimum absolute atomic E-state index is 0.140. The Kier molecular flexibility index (Phi) is 7.62. The van der Waals surface area contributed by atoms with Gasteiger partial charge in [0.2, 0.25) is 17.4 Å². The molecule has 6 atom stereocenters. The molecule has 39 heavy (non-hydrogen) atoms. The molecule has 6 unspecified atom stereocenters. The minimum atomic E-state index is -5.97. The average Bonchev–Trinajstić information content (AvgIpc) is 3.45. The van der Waals surface area contributed by atoms with Crippen LogP contribution in [0.5, 0.6) is 5.75 Å². The van der Waals surface area contributed by atoms with Gasteiger partial charge in [0.1, 0.15) is 39.1 Å². The van der Waals surface area contributed by atoms with Gasteiger partial charge in [-0.05, 0) is 86.3 Å². The average molecular weight is 907 g/mol. The molecule has 0 radical (unpaired) electrons. The van der Waals surface area contributed by atoms with Gasteiger partial charge in [0, 0.05) is 22.5 Å². The van der Waals surface area contributed by atoms with Crippen molar-refractivity contribution in [2.75, 3.05) is 0 Å². The third kappa shape index (κ3) is 4.72. The van der Waals surface area contributed by atoms with Crippen LogP contribution in [0.3, 0.4) is 0 Å². The second-order valence-electron chi connectivity index (χ2n) is 8.92. The highest BCUT2D eigenvalue weighted by Gasteiger charge is 2.70. The summed E-state index contributed by atoms with van der Waals surface area (Å²) in [7, 11) is -5.97. The molecule has 2 aromatic carbocycles. The van der Waals surface area contributed by atoms with Crippen molar-refractivity contribution in [2.24, 2.45) is 23.7 Å². The lowest BCUT2D eigenvalue weighted by atomic mass is 9.80. The Morgan fingerprint density at radius 1 is 1.00 bits per heavy atom. The molecule has 9 nitrogen and oxygen atoms in total. The van der Waals surface area contributed by atoms with E-state index in [2.05, 4.69) is 4.74 Å². The SMILES string of the molecule is O=C(OC1C2CC3C(OC(=O)C31)C2C(=O)Oc1c(F)c(F)c(S(=O)(=O)[O-])c(F)c1F)c1cc(I)cc(I)c1I. The van der Waals surface area contributed by atoms with Crippen LogP contribution in [-0.2, 0) is 29.2 Å². The maximum absolute atomic E-state index is 14.4. The van der Waals surface area contributed by atoms with Gasteiger partial charge in [-0.1, -0.05) is 0 Å². The van der Waals surface area contributed by atoms with E-state index in [0.717, 1.165) is 7.14 Å². The first kappa shape index (κ1) is 29.2. The summed E-state index contributed by atoms with van der Waals surface area (Å²) in [5.41, 5.74) is 0.209. The molecule has 208 valence electrons. The van der Waals surface area contributed by atoms with Gasteiger partial charge in [-0.15, -0.1) is 0 Å². The van der Waals surface area contributed by atoms with E-state index in [1.807, 2.05) is 73.8 Å². The molecule has 0 aromatic heterocycles. The molecule has 3 fully saturated rings. The third-order valence-corrected chi connectivity index (χ3v) is 11.4. The van der Waals surface area contributed by atoms with E-state index in [9.17, 15) is 44.9 Å². The summed E-state index contributed by atoms with van der Waals surface area (Å²) in [6, 6.07) is 3.40. The number of rotatable bonds is 5. The van der Waals surface area contributed by atoms with Gasteiger partial charge in [-0.25, -0.2) is 22.0 Å². The summed E-state index contributed by atoms with van der Waals surface area (Å²) in [5.74, 6) is -18.8. The molecular formula is C22H10F4I3O9S-. The lowest BCUT2D eigenvalue weighted by Crippen LogP contribution is -2.44. The van der Waals surface area contributed by atoms with E-state index in [4.69, 9.17) is 9.47 Å². The summed E-state index contributed by atoms with van der Waals surface area (Å²) >= 11 is 5.99. The van der Waals surface area contributed by atoms with Crippen LogP contribution in [0.2, 0.25) is 0 Å². The Balaban J connectivity index is 1.45. The number of halogens is 7. The predicted molar refractivity (Wildman–Crippen MR) is 142 cm³/mol. The van der Waals surface area contributed by atoms with Crippen LogP contribution < -0.4 is 4.74 Å². The molecule has 2 aliphatic carbocycles. The predicted octanol–water partition coefficient (Wildman–Crippen LogP) is 3.90. The molecule has 3 aliphatic rings. The molecule has 0 amide bonds. The monoisotopic (exact) mass is 907 g/mol. The quantitative estimate of drug-likeness (QED) is 0.109. The first-order valence-corrected chi connectivity index (χ1v) is 15.4. The number of hydrogen-bond donors (Lipinski definition) is 0. The van der Waals surface area contributed by atoms with E-state index < -0.39 is 97.8 Å². The number of fused-ring (bicyclic) bond motifs is 1. The fraction of sp³-hybridized carbons (Fsp3) is 0.318. The molecule has 0 N–H and O–H groups in total. The Labute approximate surface area is 257 Å². The molecule has 1 saturated heterocycles. The van der Waals surface area contributed by atoms with Crippen LogP contribution in [0, 0.1) is 57.7 Å². The van der Waals surface area contributed by atoms with Crippen molar-refractivity contribution in [2.45, 2.75) is 23.5 Å². The zero-order chi connectivity index (χ0) is 28.7. The molecule has 1 heterocycles. The Morgan fingerprint density at radius 3 is 2.21 bits per heavy atom. The van der Waals surface area contributed by atoms with Crippen molar-refractivity contribution < 1.29 is 59.1 Å². The van der Waals surface area contributed by atoms with Crippen molar-refractivity contribution >= 4 is 95.8 Å². The first-order valence-electron chi connectivity index (χ1n) is 10.7.